The second-order valence-corrected chi connectivity index (χ2v) is 8.20. The number of rotatable bonds is 2. The van der Waals surface area contributed by atoms with E-state index in [2.05, 4.69) is 0 Å². The smallest absolute Gasteiger partial charge is 0.278 e. The van der Waals surface area contributed by atoms with E-state index in [4.69, 9.17) is 0 Å². The van der Waals surface area contributed by atoms with E-state index < -0.39 is 11.8 Å². The molecular weight excluding hydrogens is 420 g/mol. The topological polar surface area (TPSA) is 44.0 Å². The van der Waals surface area contributed by atoms with Crippen LogP contribution in [0.1, 0.15) is 9.59 Å². The van der Waals surface area contributed by atoms with Crippen molar-refractivity contribution in [2.24, 2.45) is 0 Å². The summed E-state index contributed by atoms with van der Waals surface area (Å²) in [5, 5.41) is 1.86. The Labute approximate surface area is 196 Å². The first kappa shape index (κ1) is 19.9. The third-order valence-corrected chi connectivity index (χ3v) is 6.21. The van der Waals surface area contributed by atoms with Gasteiger partial charge in [-0.2, -0.15) is 0 Å². The molecule has 0 atom stereocenters. The monoisotopic (exact) mass is 440 g/mol. The highest BCUT2D eigenvalue weighted by molar-refractivity contribution is 6.39. The van der Waals surface area contributed by atoms with Gasteiger partial charge in [-0.1, -0.05) is 97.1 Å². The van der Waals surface area contributed by atoms with Crippen LogP contribution in [0.25, 0.3) is 44.1 Å². The molecule has 0 bridgehead atoms. The van der Waals surface area contributed by atoms with Crippen molar-refractivity contribution in [3.05, 3.63) is 122 Å². The van der Waals surface area contributed by atoms with Gasteiger partial charge in [-0.25, -0.2) is 0 Å². The van der Waals surface area contributed by atoms with E-state index in [0.717, 1.165) is 33.0 Å². The third kappa shape index (κ3) is 3.16. The van der Waals surface area contributed by atoms with E-state index >= 15 is 0 Å². The van der Waals surface area contributed by atoms with Gasteiger partial charge >= 0.3 is 11.8 Å². The van der Waals surface area contributed by atoms with Crippen LogP contribution in [0.4, 0.5) is 0 Å². The Bertz CT molecular complexity index is 1550. The molecule has 162 valence electrons. The fourth-order valence-electron chi connectivity index (χ4n) is 4.60. The minimum atomic E-state index is -0.598. The summed E-state index contributed by atoms with van der Waals surface area (Å²) in [5.74, 6) is -1.20. The fraction of sp³-hybridized carbons (Fsp3) is 0. The largest absolute Gasteiger partial charge is 0.321 e. The number of nitrogens with zero attached hydrogens (tertiary/aromatic N) is 2. The van der Waals surface area contributed by atoms with Gasteiger partial charge in [0.25, 0.3) is 0 Å². The van der Waals surface area contributed by atoms with Gasteiger partial charge in [0.1, 0.15) is 0 Å². The van der Waals surface area contributed by atoms with Crippen LogP contribution in [0.3, 0.4) is 0 Å². The van der Waals surface area contributed by atoms with E-state index in [1.165, 1.54) is 9.13 Å². The Morgan fingerprint density at radius 2 is 0.794 bits per heavy atom. The molecule has 34 heavy (non-hydrogen) atoms. The summed E-state index contributed by atoms with van der Waals surface area (Å²) < 4.78 is 2.94. The number of hydrogen-bond donors (Lipinski definition) is 0. The van der Waals surface area contributed by atoms with Crippen molar-refractivity contribution in [2.45, 2.75) is 0 Å². The molecule has 0 aliphatic heterocycles. The standard InChI is InChI=1S/C30H20N2O2/c33-29(31-19-25(21-11-3-1-4-12-21)23-15-7-9-17-27(23)31)30(34)32-20-26(22-13-5-2-6-14-22)24-16-8-10-18-28(24)32/h1-20H. The minimum absolute atomic E-state index is 0.598. The molecule has 2 heterocycles. The van der Waals surface area contributed by atoms with Crippen LogP contribution in [0.2, 0.25) is 0 Å². The Kier molecular flexibility index (Phi) is 4.70. The molecule has 6 aromatic rings. The molecule has 6 rings (SSSR count). The molecule has 0 aliphatic carbocycles. The lowest BCUT2D eigenvalue weighted by Crippen LogP contribution is -2.26. The predicted molar refractivity (Wildman–Crippen MR) is 136 cm³/mol. The molecule has 0 fully saturated rings. The quantitative estimate of drug-likeness (QED) is 0.275. The first-order valence-electron chi connectivity index (χ1n) is 11.1. The maximum atomic E-state index is 13.6. The van der Waals surface area contributed by atoms with Crippen molar-refractivity contribution in [1.82, 2.24) is 9.13 Å². The van der Waals surface area contributed by atoms with Gasteiger partial charge in [-0.05, 0) is 23.3 Å². The molecule has 0 saturated carbocycles. The molecular formula is C30H20N2O2. The number of carbonyl (C=O) groups is 2. The maximum absolute atomic E-state index is 13.6. The Balaban J connectivity index is 1.49. The van der Waals surface area contributed by atoms with E-state index in [-0.39, 0.29) is 0 Å². The summed E-state index contributed by atoms with van der Waals surface area (Å²) in [6, 6.07) is 35.1. The van der Waals surface area contributed by atoms with Crippen LogP contribution in [-0.2, 0) is 0 Å². The van der Waals surface area contributed by atoms with Gasteiger partial charge in [0, 0.05) is 34.3 Å². The SMILES string of the molecule is O=C(C(=O)n1cc(-c2ccccc2)c2ccccc21)n1cc(-c2ccccc2)c2ccccc21. The Morgan fingerprint density at radius 3 is 1.21 bits per heavy atom. The van der Waals surface area contributed by atoms with Crippen molar-refractivity contribution in [3.63, 3.8) is 0 Å². The Hall–Kier alpha value is -4.70. The average molecular weight is 441 g/mol. The van der Waals surface area contributed by atoms with Gasteiger partial charge in [-0.3, -0.25) is 18.7 Å². The highest BCUT2D eigenvalue weighted by Crippen LogP contribution is 2.32. The first-order chi connectivity index (χ1) is 16.7. The van der Waals surface area contributed by atoms with Crippen molar-refractivity contribution < 1.29 is 9.59 Å². The van der Waals surface area contributed by atoms with Crippen LogP contribution in [0.5, 0.6) is 0 Å². The average Bonchev–Trinajstić information content (AvgIpc) is 3.48. The number of hydrogen-bond acceptors (Lipinski definition) is 2. The van der Waals surface area contributed by atoms with Gasteiger partial charge in [0.2, 0.25) is 0 Å². The summed E-state index contributed by atoms with van der Waals surface area (Å²) >= 11 is 0. The lowest BCUT2D eigenvalue weighted by Gasteiger charge is -2.05. The number of fused-ring (bicyclic) bond motifs is 2. The molecule has 0 aliphatic rings. The number of carbonyl (C=O) groups excluding carboxylic acids is 2. The highest BCUT2D eigenvalue weighted by atomic mass is 16.2. The molecule has 0 saturated heterocycles. The zero-order valence-corrected chi connectivity index (χ0v) is 18.3. The van der Waals surface area contributed by atoms with Crippen molar-refractivity contribution in [1.29, 1.82) is 0 Å². The number of benzene rings is 4. The Morgan fingerprint density at radius 1 is 0.441 bits per heavy atom. The molecule has 4 nitrogen and oxygen atoms in total. The lowest BCUT2D eigenvalue weighted by molar-refractivity contribution is 0.0722. The summed E-state index contributed by atoms with van der Waals surface area (Å²) in [4.78, 5) is 27.2. The predicted octanol–water partition coefficient (Wildman–Crippen LogP) is 6.91. The first-order valence-corrected chi connectivity index (χ1v) is 11.1. The molecule has 0 amide bonds. The minimum Gasteiger partial charge on any atom is -0.278 e. The molecule has 0 spiro atoms. The van der Waals surface area contributed by atoms with Gasteiger partial charge < -0.3 is 0 Å². The molecule has 2 aromatic heterocycles. The van der Waals surface area contributed by atoms with E-state index in [0.29, 0.717) is 11.0 Å². The van der Waals surface area contributed by atoms with Crippen LogP contribution in [0.15, 0.2) is 122 Å². The molecule has 4 heteroatoms. The van der Waals surface area contributed by atoms with Crippen LogP contribution >= 0.6 is 0 Å². The molecule has 0 unspecified atom stereocenters. The number of aromatic nitrogens is 2. The molecule has 4 aromatic carbocycles. The summed E-state index contributed by atoms with van der Waals surface area (Å²) in [7, 11) is 0. The second-order valence-electron chi connectivity index (χ2n) is 8.20. The highest BCUT2D eigenvalue weighted by Gasteiger charge is 2.24. The summed E-state index contributed by atoms with van der Waals surface area (Å²) in [6.07, 6.45) is 3.54. The van der Waals surface area contributed by atoms with Gasteiger partial charge in [0.15, 0.2) is 0 Å². The summed E-state index contributed by atoms with van der Waals surface area (Å²) in [6.45, 7) is 0. The third-order valence-electron chi connectivity index (χ3n) is 6.21. The second kappa shape index (κ2) is 8.01. The number of para-hydroxylation sites is 2. The lowest BCUT2D eigenvalue weighted by atomic mass is 10.1. The maximum Gasteiger partial charge on any atom is 0.321 e. The van der Waals surface area contributed by atoms with Crippen molar-refractivity contribution >= 4 is 33.6 Å². The fourth-order valence-corrected chi connectivity index (χ4v) is 4.60. The van der Waals surface area contributed by atoms with E-state index in [1.54, 1.807) is 12.4 Å². The molecule has 0 radical (unpaired) electrons. The zero-order valence-electron chi connectivity index (χ0n) is 18.3. The van der Waals surface area contributed by atoms with Crippen LogP contribution in [0, 0.1) is 0 Å². The van der Waals surface area contributed by atoms with Crippen molar-refractivity contribution in [3.8, 4) is 22.3 Å². The van der Waals surface area contributed by atoms with Crippen LogP contribution in [-0.4, -0.2) is 20.9 Å². The van der Waals surface area contributed by atoms with Crippen LogP contribution < -0.4 is 0 Å². The zero-order chi connectivity index (χ0) is 23.1. The summed E-state index contributed by atoms with van der Waals surface area (Å²) in [5.41, 5.74) is 5.24. The van der Waals surface area contributed by atoms with E-state index in [1.807, 2.05) is 109 Å². The van der Waals surface area contributed by atoms with Gasteiger partial charge in [-0.15, -0.1) is 0 Å². The van der Waals surface area contributed by atoms with Crippen molar-refractivity contribution in [2.75, 3.05) is 0 Å². The van der Waals surface area contributed by atoms with Gasteiger partial charge in [0.05, 0.1) is 11.0 Å². The normalized spacial score (nSPS) is 11.2. The van der Waals surface area contributed by atoms with E-state index in [9.17, 15) is 9.59 Å². The molecule has 0 N–H and O–H groups in total.